The van der Waals surface area contributed by atoms with Crippen molar-refractivity contribution in [3.05, 3.63) is 64.6 Å². The number of benzene rings is 2. The van der Waals surface area contributed by atoms with Crippen molar-refractivity contribution in [3.8, 4) is 0 Å². The lowest BCUT2D eigenvalue weighted by atomic mass is 10.1. The number of nitrogens with zero attached hydrogens (tertiary/aromatic N) is 2. The number of amides is 3. The first-order valence-corrected chi connectivity index (χ1v) is 11.5. The van der Waals surface area contributed by atoms with E-state index in [0.717, 1.165) is 19.3 Å². The maximum absolute atomic E-state index is 13.8. The average molecular weight is 488 g/mol. The van der Waals surface area contributed by atoms with Gasteiger partial charge in [-0.3, -0.25) is 19.1 Å². The number of carbonyl (C=O) groups is 3. The Kier molecular flexibility index (Phi) is 8.98. The predicted molar refractivity (Wildman–Crippen MR) is 128 cm³/mol. The molecule has 0 aliphatic heterocycles. The highest BCUT2D eigenvalue weighted by molar-refractivity contribution is 6.30. The summed E-state index contributed by atoms with van der Waals surface area (Å²) >= 11 is 5.73. The fourth-order valence-electron chi connectivity index (χ4n) is 3.58. The van der Waals surface area contributed by atoms with Crippen LogP contribution in [0.25, 0.3) is 10.9 Å². The van der Waals surface area contributed by atoms with E-state index in [0.29, 0.717) is 35.9 Å². The number of fused-ring (bicyclic) bond motifs is 1. The molecule has 0 saturated heterocycles. The number of aromatic nitrogens is 2. The van der Waals surface area contributed by atoms with Crippen LogP contribution >= 0.6 is 11.6 Å². The number of carbonyl (C=O) groups excluding carboxylic acids is 3. The van der Waals surface area contributed by atoms with E-state index in [-0.39, 0.29) is 35.6 Å². The highest BCUT2D eigenvalue weighted by atomic mass is 35.5. The van der Waals surface area contributed by atoms with Crippen molar-refractivity contribution in [2.45, 2.75) is 45.2 Å². The van der Waals surface area contributed by atoms with Crippen molar-refractivity contribution < 1.29 is 18.8 Å². The topological polar surface area (TPSA) is 119 Å². The molecule has 34 heavy (non-hydrogen) atoms. The zero-order chi connectivity index (χ0) is 24.5. The molecule has 10 heteroatoms. The first kappa shape index (κ1) is 25.2. The molecule has 0 atom stereocenters. The number of rotatable bonds is 12. The van der Waals surface area contributed by atoms with Crippen LogP contribution in [0, 0.1) is 5.82 Å². The van der Waals surface area contributed by atoms with Crippen molar-refractivity contribution in [2.24, 2.45) is 5.73 Å². The minimum atomic E-state index is -0.638. The van der Waals surface area contributed by atoms with Gasteiger partial charge in [-0.25, -0.2) is 4.39 Å². The first-order valence-electron chi connectivity index (χ1n) is 11.1. The summed E-state index contributed by atoms with van der Waals surface area (Å²) in [7, 11) is 0. The summed E-state index contributed by atoms with van der Waals surface area (Å²) in [5.41, 5.74) is 6.54. The molecule has 0 unspecified atom stereocenters. The van der Waals surface area contributed by atoms with E-state index in [2.05, 4.69) is 15.7 Å². The van der Waals surface area contributed by atoms with Gasteiger partial charge in [0.15, 0.2) is 5.69 Å². The highest BCUT2D eigenvalue weighted by Crippen LogP contribution is 2.18. The van der Waals surface area contributed by atoms with Crippen LogP contribution < -0.4 is 16.4 Å². The van der Waals surface area contributed by atoms with Crippen LogP contribution in [0.15, 0.2) is 42.5 Å². The van der Waals surface area contributed by atoms with Gasteiger partial charge in [-0.15, -0.1) is 0 Å². The smallest absolute Gasteiger partial charge is 0.269 e. The molecule has 0 fully saturated rings. The number of nitrogens with one attached hydrogen (secondary N) is 2. The minimum Gasteiger partial charge on any atom is -0.364 e. The zero-order valence-corrected chi connectivity index (χ0v) is 19.4. The fraction of sp³-hybridized carbons (Fsp3) is 0.333. The summed E-state index contributed by atoms with van der Waals surface area (Å²) in [5, 5.41) is 10.4. The van der Waals surface area contributed by atoms with Gasteiger partial charge in [0.2, 0.25) is 11.8 Å². The molecule has 3 amide bonds. The van der Waals surface area contributed by atoms with Crippen LogP contribution in [0.1, 0.15) is 48.2 Å². The molecule has 2 aromatic carbocycles. The van der Waals surface area contributed by atoms with E-state index in [9.17, 15) is 18.8 Å². The summed E-state index contributed by atoms with van der Waals surface area (Å²) in [6.45, 7) is 0.589. The van der Waals surface area contributed by atoms with Gasteiger partial charge in [0.05, 0.1) is 10.5 Å². The summed E-state index contributed by atoms with van der Waals surface area (Å²) in [4.78, 5) is 35.8. The van der Waals surface area contributed by atoms with Crippen molar-refractivity contribution in [1.82, 2.24) is 20.4 Å². The summed E-state index contributed by atoms with van der Waals surface area (Å²) in [6, 6.07) is 11.8. The quantitative estimate of drug-likeness (QED) is 0.339. The number of nitrogens with two attached hydrogens (primary N) is 1. The number of hydrogen-bond acceptors (Lipinski definition) is 4. The zero-order valence-electron chi connectivity index (χ0n) is 18.7. The lowest BCUT2D eigenvalue weighted by Gasteiger charge is -2.08. The Hall–Kier alpha value is -3.46. The molecule has 3 rings (SSSR count). The maximum Gasteiger partial charge on any atom is 0.269 e. The lowest BCUT2D eigenvalue weighted by molar-refractivity contribution is -0.122. The molecule has 8 nitrogen and oxygen atoms in total. The second-order valence-corrected chi connectivity index (χ2v) is 8.30. The van der Waals surface area contributed by atoms with E-state index in [1.807, 2.05) is 0 Å². The van der Waals surface area contributed by atoms with Gasteiger partial charge < -0.3 is 16.4 Å². The molecule has 0 aliphatic rings. The number of unbranched alkanes of at least 4 members (excludes halogenated alkanes) is 3. The monoisotopic (exact) mass is 487 g/mol. The average Bonchev–Trinajstić information content (AvgIpc) is 3.18. The van der Waals surface area contributed by atoms with Gasteiger partial charge in [0, 0.05) is 30.5 Å². The Bertz CT molecular complexity index is 1180. The Labute approximate surface area is 201 Å². The maximum atomic E-state index is 13.8. The molecule has 0 bridgehead atoms. The third-order valence-electron chi connectivity index (χ3n) is 5.35. The minimum absolute atomic E-state index is 0.0127. The van der Waals surface area contributed by atoms with Crippen molar-refractivity contribution in [1.29, 1.82) is 0 Å². The number of primary amides is 1. The number of halogens is 2. The SMILES string of the molecule is NC(=O)c1nn(CC(=O)NCCCCCCC(=O)NCc2cccc(Cl)c2F)c2ccccc12. The molecule has 180 valence electrons. The second-order valence-electron chi connectivity index (χ2n) is 7.89. The molecule has 4 N–H and O–H groups in total. The Morgan fingerprint density at radius 3 is 2.53 bits per heavy atom. The van der Waals surface area contributed by atoms with Crippen LogP contribution in [0.4, 0.5) is 4.39 Å². The number of para-hydroxylation sites is 1. The molecular weight excluding hydrogens is 461 g/mol. The van der Waals surface area contributed by atoms with Crippen LogP contribution in [-0.2, 0) is 22.7 Å². The van der Waals surface area contributed by atoms with E-state index >= 15 is 0 Å². The van der Waals surface area contributed by atoms with Crippen molar-refractivity contribution >= 4 is 40.2 Å². The Morgan fingerprint density at radius 1 is 0.971 bits per heavy atom. The molecule has 0 spiro atoms. The van der Waals surface area contributed by atoms with Crippen molar-refractivity contribution in [2.75, 3.05) is 6.54 Å². The molecule has 3 aromatic rings. The molecule has 0 radical (unpaired) electrons. The van der Waals surface area contributed by atoms with Gasteiger partial charge in [-0.2, -0.15) is 5.10 Å². The van der Waals surface area contributed by atoms with Crippen LogP contribution in [0.3, 0.4) is 0 Å². The Morgan fingerprint density at radius 2 is 1.74 bits per heavy atom. The Balaban J connectivity index is 1.30. The summed E-state index contributed by atoms with van der Waals surface area (Å²) < 4.78 is 15.3. The number of hydrogen-bond donors (Lipinski definition) is 3. The molecule has 0 saturated carbocycles. The molecular formula is C24H27ClFN5O3. The van der Waals surface area contributed by atoms with Crippen LogP contribution in [-0.4, -0.2) is 34.0 Å². The molecule has 1 heterocycles. The highest BCUT2D eigenvalue weighted by Gasteiger charge is 2.16. The van der Waals surface area contributed by atoms with Crippen LogP contribution in [0.5, 0.6) is 0 Å². The van der Waals surface area contributed by atoms with E-state index in [4.69, 9.17) is 17.3 Å². The van der Waals surface area contributed by atoms with E-state index < -0.39 is 11.7 Å². The van der Waals surface area contributed by atoms with Gasteiger partial charge in [-0.1, -0.05) is 54.8 Å². The normalized spacial score (nSPS) is 10.9. The van der Waals surface area contributed by atoms with E-state index in [1.165, 1.54) is 10.7 Å². The molecule has 0 aliphatic carbocycles. The summed E-state index contributed by atoms with van der Waals surface area (Å²) in [6.07, 6.45) is 3.51. The largest absolute Gasteiger partial charge is 0.364 e. The predicted octanol–water partition coefficient (Wildman–Crippen LogP) is 3.31. The third kappa shape index (κ3) is 6.77. The van der Waals surface area contributed by atoms with Crippen LogP contribution in [0.2, 0.25) is 5.02 Å². The van der Waals surface area contributed by atoms with Gasteiger partial charge in [0.1, 0.15) is 12.4 Å². The first-order chi connectivity index (χ1) is 16.4. The fourth-order valence-corrected chi connectivity index (χ4v) is 3.78. The lowest BCUT2D eigenvalue weighted by Crippen LogP contribution is -2.29. The van der Waals surface area contributed by atoms with Crippen molar-refractivity contribution in [3.63, 3.8) is 0 Å². The second kappa shape index (κ2) is 12.1. The van der Waals surface area contributed by atoms with E-state index in [1.54, 1.807) is 36.4 Å². The molecule has 1 aromatic heterocycles. The van der Waals surface area contributed by atoms with Gasteiger partial charge in [-0.05, 0) is 25.0 Å². The van der Waals surface area contributed by atoms with Gasteiger partial charge in [0.25, 0.3) is 5.91 Å². The third-order valence-corrected chi connectivity index (χ3v) is 5.64. The summed E-state index contributed by atoms with van der Waals surface area (Å²) in [5.74, 6) is -1.51. The standard InChI is InChI=1S/C24H27ClFN5O3/c25-18-10-7-8-16(22(18)26)14-29-20(32)12-3-1-2-6-13-28-21(33)15-31-19-11-5-4-9-17(19)23(30-31)24(27)34/h4-5,7-11H,1-3,6,12-15H2,(H2,27,34)(H,28,33)(H,29,32). The van der Waals surface area contributed by atoms with Gasteiger partial charge >= 0.3 is 0 Å².